The summed E-state index contributed by atoms with van der Waals surface area (Å²) in [5, 5.41) is 10.5. The molecule has 1 fully saturated rings. The van der Waals surface area contributed by atoms with Crippen LogP contribution in [-0.4, -0.2) is 28.1 Å². The summed E-state index contributed by atoms with van der Waals surface area (Å²) in [6.45, 7) is 2.40. The van der Waals surface area contributed by atoms with E-state index in [0.717, 1.165) is 28.5 Å². The van der Waals surface area contributed by atoms with Crippen LogP contribution >= 0.6 is 11.8 Å². The average Bonchev–Trinajstić information content (AvgIpc) is 3.11. The van der Waals surface area contributed by atoms with E-state index in [-0.39, 0.29) is 30.0 Å². The minimum Gasteiger partial charge on any atom is -0.493 e. The van der Waals surface area contributed by atoms with Gasteiger partial charge in [-0.05, 0) is 65.7 Å². The van der Waals surface area contributed by atoms with Gasteiger partial charge in [0.15, 0.2) is 11.5 Å². The lowest BCUT2D eigenvalue weighted by atomic mass is 10.1. The summed E-state index contributed by atoms with van der Waals surface area (Å²) in [5.41, 5.74) is 3.46. The van der Waals surface area contributed by atoms with E-state index in [9.17, 15) is 19.7 Å². The molecule has 1 aliphatic rings. The highest BCUT2D eigenvalue weighted by molar-refractivity contribution is 8.18. The Labute approximate surface area is 206 Å². The van der Waals surface area contributed by atoms with Gasteiger partial charge in [0.1, 0.15) is 6.61 Å². The lowest BCUT2D eigenvalue weighted by Gasteiger charge is -2.13. The van der Waals surface area contributed by atoms with Crippen molar-refractivity contribution in [2.24, 2.45) is 0 Å². The summed E-state index contributed by atoms with van der Waals surface area (Å²) in [4.78, 5) is 37.2. The van der Waals surface area contributed by atoms with E-state index < -0.39 is 4.92 Å². The number of non-ortho nitro benzene ring substituents is 1. The molecule has 0 atom stereocenters. The number of carbonyl (C=O) groups is 2. The maximum atomic E-state index is 12.9. The van der Waals surface area contributed by atoms with Crippen LogP contribution in [0.5, 0.6) is 11.5 Å². The van der Waals surface area contributed by atoms with E-state index in [0.29, 0.717) is 22.0 Å². The van der Waals surface area contributed by atoms with Crippen LogP contribution in [0.1, 0.15) is 22.3 Å². The van der Waals surface area contributed by atoms with Crippen LogP contribution in [0.3, 0.4) is 0 Å². The number of nitrogens with zero attached hydrogens (tertiary/aromatic N) is 2. The van der Waals surface area contributed by atoms with Gasteiger partial charge in [-0.2, -0.15) is 0 Å². The number of hydrogen-bond acceptors (Lipinski definition) is 7. The molecule has 0 spiro atoms. The predicted octanol–water partition coefficient (Wildman–Crippen LogP) is 5.73. The Morgan fingerprint density at radius 1 is 0.971 bits per heavy atom. The van der Waals surface area contributed by atoms with Gasteiger partial charge in [0.2, 0.25) is 0 Å². The molecule has 1 heterocycles. The molecule has 4 rings (SSSR count). The number of benzene rings is 3. The topological polar surface area (TPSA) is 99.0 Å². The van der Waals surface area contributed by atoms with Crippen LogP contribution in [0.4, 0.5) is 10.5 Å². The molecule has 0 aliphatic carbocycles. The molecule has 178 valence electrons. The molecular weight excluding hydrogens is 468 g/mol. The largest absolute Gasteiger partial charge is 0.493 e. The fourth-order valence-electron chi connectivity index (χ4n) is 3.43. The number of ether oxygens (including phenoxy) is 2. The van der Waals surface area contributed by atoms with Gasteiger partial charge in [0, 0.05) is 12.1 Å². The maximum Gasteiger partial charge on any atom is 0.293 e. The van der Waals surface area contributed by atoms with Gasteiger partial charge < -0.3 is 9.47 Å². The number of carbonyl (C=O) groups excluding carboxylic acids is 2. The smallest absolute Gasteiger partial charge is 0.293 e. The number of nitro benzene ring substituents is 1. The van der Waals surface area contributed by atoms with Crippen molar-refractivity contribution in [2.75, 3.05) is 7.11 Å². The number of nitro groups is 1. The van der Waals surface area contributed by atoms with Crippen molar-refractivity contribution in [3.8, 4) is 11.5 Å². The summed E-state index contributed by atoms with van der Waals surface area (Å²) in [7, 11) is 1.51. The highest BCUT2D eigenvalue weighted by Gasteiger charge is 2.35. The molecule has 0 radical (unpaired) electrons. The fraction of sp³-hybridized carbons (Fsp3) is 0.154. The van der Waals surface area contributed by atoms with Crippen molar-refractivity contribution < 1.29 is 24.0 Å². The van der Waals surface area contributed by atoms with E-state index in [1.54, 1.807) is 36.4 Å². The molecule has 0 aromatic heterocycles. The van der Waals surface area contributed by atoms with Gasteiger partial charge >= 0.3 is 0 Å². The molecule has 9 heteroatoms. The highest BCUT2D eigenvalue weighted by atomic mass is 32.2. The monoisotopic (exact) mass is 490 g/mol. The molecule has 8 nitrogen and oxygen atoms in total. The van der Waals surface area contributed by atoms with Crippen molar-refractivity contribution in [1.29, 1.82) is 0 Å². The zero-order chi connectivity index (χ0) is 24.9. The minimum atomic E-state index is -0.455. The van der Waals surface area contributed by atoms with Crippen LogP contribution < -0.4 is 9.47 Å². The van der Waals surface area contributed by atoms with Crippen molar-refractivity contribution in [3.05, 3.63) is 104 Å². The number of methoxy groups -OCH3 is 1. The van der Waals surface area contributed by atoms with Crippen LogP contribution in [0.25, 0.3) is 6.08 Å². The Hall–Kier alpha value is -4.11. The second-order valence-corrected chi connectivity index (χ2v) is 8.87. The summed E-state index contributed by atoms with van der Waals surface area (Å²) < 4.78 is 11.3. The molecule has 0 unspecified atom stereocenters. The van der Waals surface area contributed by atoms with E-state index in [1.165, 1.54) is 24.1 Å². The summed E-state index contributed by atoms with van der Waals surface area (Å²) in [6, 6.07) is 19.0. The van der Waals surface area contributed by atoms with E-state index in [2.05, 4.69) is 0 Å². The van der Waals surface area contributed by atoms with Gasteiger partial charge in [0.05, 0.1) is 23.5 Å². The van der Waals surface area contributed by atoms with E-state index >= 15 is 0 Å². The van der Waals surface area contributed by atoms with Crippen molar-refractivity contribution in [3.63, 3.8) is 0 Å². The molecule has 1 saturated heterocycles. The third-order valence-electron chi connectivity index (χ3n) is 5.36. The lowest BCUT2D eigenvalue weighted by Crippen LogP contribution is -2.27. The number of thioether (sulfide) groups is 1. The minimum absolute atomic E-state index is 0.0129. The third-order valence-corrected chi connectivity index (χ3v) is 6.27. The highest BCUT2D eigenvalue weighted by Crippen LogP contribution is 2.35. The summed E-state index contributed by atoms with van der Waals surface area (Å²) in [6.07, 6.45) is 1.66. The zero-order valence-electron chi connectivity index (χ0n) is 19.1. The summed E-state index contributed by atoms with van der Waals surface area (Å²) in [5.74, 6) is 0.605. The van der Waals surface area contributed by atoms with E-state index in [1.807, 2.05) is 31.2 Å². The number of imide groups is 1. The molecule has 1 aliphatic heterocycles. The van der Waals surface area contributed by atoms with Gasteiger partial charge in [-0.25, -0.2) is 0 Å². The molecule has 3 aromatic rings. The normalized spacial score (nSPS) is 14.5. The first-order valence-corrected chi connectivity index (χ1v) is 11.5. The summed E-state index contributed by atoms with van der Waals surface area (Å²) >= 11 is 0.906. The second-order valence-electron chi connectivity index (χ2n) is 7.88. The number of aryl methyl sites for hydroxylation is 1. The Morgan fingerprint density at radius 3 is 2.31 bits per heavy atom. The third kappa shape index (κ3) is 5.70. The SMILES string of the molecule is COc1cc(/C=C2\SC(=O)N(Cc3ccc(C)cc3)C2=O)ccc1OCc1ccc([N+](=O)[O-])cc1. The van der Waals surface area contributed by atoms with Crippen LogP contribution in [0, 0.1) is 17.0 Å². The fourth-order valence-corrected chi connectivity index (χ4v) is 4.27. The lowest BCUT2D eigenvalue weighted by molar-refractivity contribution is -0.384. The Balaban J connectivity index is 1.45. The first kappa shape index (κ1) is 24.0. The molecule has 0 N–H and O–H groups in total. The Bertz CT molecular complexity index is 1300. The molecule has 35 heavy (non-hydrogen) atoms. The zero-order valence-corrected chi connectivity index (χ0v) is 19.9. The van der Waals surface area contributed by atoms with Crippen molar-refractivity contribution in [1.82, 2.24) is 4.90 Å². The predicted molar refractivity (Wildman–Crippen MR) is 133 cm³/mol. The second kappa shape index (κ2) is 10.4. The molecule has 3 aromatic carbocycles. The van der Waals surface area contributed by atoms with Gasteiger partial charge in [0.25, 0.3) is 16.8 Å². The van der Waals surface area contributed by atoms with Crippen LogP contribution in [0.2, 0.25) is 0 Å². The molecule has 0 bridgehead atoms. The number of hydrogen-bond donors (Lipinski definition) is 0. The quantitative estimate of drug-likeness (QED) is 0.226. The van der Waals surface area contributed by atoms with E-state index in [4.69, 9.17) is 9.47 Å². The van der Waals surface area contributed by atoms with Gasteiger partial charge in [-0.15, -0.1) is 0 Å². The van der Waals surface area contributed by atoms with Crippen molar-refractivity contribution in [2.45, 2.75) is 20.1 Å². The first-order valence-electron chi connectivity index (χ1n) is 10.7. The Morgan fingerprint density at radius 2 is 1.66 bits per heavy atom. The number of rotatable bonds is 8. The Kier molecular flexibility index (Phi) is 7.17. The van der Waals surface area contributed by atoms with Crippen LogP contribution in [-0.2, 0) is 17.9 Å². The maximum absolute atomic E-state index is 12.9. The molecule has 2 amide bonds. The average molecular weight is 491 g/mol. The standard InChI is InChI=1S/C26H22N2O6S/c1-17-3-5-18(6-4-17)15-27-25(29)24(35-26(27)30)14-20-9-12-22(23(13-20)33-2)34-16-19-7-10-21(11-8-19)28(31)32/h3-14H,15-16H2,1-2H3/b24-14-. The van der Waals surface area contributed by atoms with Crippen LogP contribution in [0.15, 0.2) is 71.6 Å². The molecule has 0 saturated carbocycles. The van der Waals surface area contributed by atoms with Gasteiger partial charge in [-0.1, -0.05) is 35.9 Å². The van der Waals surface area contributed by atoms with Gasteiger partial charge in [-0.3, -0.25) is 24.6 Å². The van der Waals surface area contributed by atoms with Crippen molar-refractivity contribution >= 4 is 34.7 Å². The molecular formula is C26H22N2O6S. The number of amides is 2. The first-order chi connectivity index (χ1) is 16.8.